The highest BCUT2D eigenvalue weighted by atomic mass is 16.3. The van der Waals surface area contributed by atoms with Crippen LogP contribution in [0, 0.1) is 11.8 Å². The molecule has 0 amide bonds. The summed E-state index contributed by atoms with van der Waals surface area (Å²) >= 11 is 0. The van der Waals surface area contributed by atoms with Gasteiger partial charge in [-0.3, -0.25) is 0 Å². The first kappa shape index (κ1) is 13.6. The molecule has 0 bridgehead atoms. The molecule has 0 aromatic carbocycles. The molecule has 3 nitrogen and oxygen atoms in total. The lowest BCUT2D eigenvalue weighted by atomic mass is 9.92. The third kappa shape index (κ3) is 5.37. The molecule has 0 aliphatic heterocycles. The van der Waals surface area contributed by atoms with Crippen molar-refractivity contribution in [2.75, 3.05) is 6.61 Å². The molecule has 3 N–H and O–H groups in total. The SMILES string of the molecule is CC(C)[C@H](O)[C@H](C)C/C=C\C(O)CO. The van der Waals surface area contributed by atoms with Gasteiger partial charge in [-0.15, -0.1) is 0 Å². The second kappa shape index (κ2) is 6.98. The van der Waals surface area contributed by atoms with Gasteiger partial charge in [0.1, 0.15) is 0 Å². The minimum Gasteiger partial charge on any atom is -0.393 e. The van der Waals surface area contributed by atoms with Crippen LogP contribution in [0.3, 0.4) is 0 Å². The molecule has 0 saturated heterocycles. The Morgan fingerprint density at radius 3 is 2.14 bits per heavy atom. The number of aliphatic hydroxyl groups is 3. The maximum atomic E-state index is 9.67. The molecule has 0 rings (SSSR count). The molecule has 84 valence electrons. The molecule has 0 aliphatic carbocycles. The molecule has 0 fully saturated rings. The molecule has 0 aromatic rings. The lowest BCUT2D eigenvalue weighted by Gasteiger charge is -2.20. The van der Waals surface area contributed by atoms with Crippen LogP contribution in [-0.2, 0) is 0 Å². The van der Waals surface area contributed by atoms with Crippen LogP contribution in [0.15, 0.2) is 12.2 Å². The molecule has 0 saturated carbocycles. The van der Waals surface area contributed by atoms with Crippen LogP contribution in [0.5, 0.6) is 0 Å². The minimum atomic E-state index is -0.779. The maximum absolute atomic E-state index is 9.67. The Morgan fingerprint density at radius 1 is 1.14 bits per heavy atom. The molecule has 3 heteroatoms. The normalized spacial score (nSPS) is 18.8. The second-order valence-corrected chi connectivity index (χ2v) is 4.13. The van der Waals surface area contributed by atoms with E-state index in [1.165, 1.54) is 0 Å². The monoisotopic (exact) mass is 202 g/mol. The zero-order valence-corrected chi connectivity index (χ0v) is 9.22. The van der Waals surface area contributed by atoms with Crippen LogP contribution in [0.1, 0.15) is 27.2 Å². The third-order valence-electron chi connectivity index (χ3n) is 2.32. The fourth-order valence-corrected chi connectivity index (χ4v) is 1.31. The molecule has 14 heavy (non-hydrogen) atoms. The van der Waals surface area contributed by atoms with Crippen molar-refractivity contribution in [3.63, 3.8) is 0 Å². The summed E-state index contributed by atoms with van der Waals surface area (Å²) in [5.41, 5.74) is 0. The fraction of sp³-hybridized carbons (Fsp3) is 0.818. The van der Waals surface area contributed by atoms with E-state index >= 15 is 0 Å². The van der Waals surface area contributed by atoms with Crippen LogP contribution >= 0.6 is 0 Å². The summed E-state index contributed by atoms with van der Waals surface area (Å²) in [7, 11) is 0. The van der Waals surface area contributed by atoms with Gasteiger partial charge in [0.2, 0.25) is 0 Å². The van der Waals surface area contributed by atoms with Crippen molar-refractivity contribution in [3.05, 3.63) is 12.2 Å². The van der Waals surface area contributed by atoms with Crippen molar-refractivity contribution < 1.29 is 15.3 Å². The molecular weight excluding hydrogens is 180 g/mol. The summed E-state index contributed by atoms with van der Waals surface area (Å²) in [6.45, 7) is 5.68. The second-order valence-electron chi connectivity index (χ2n) is 4.13. The minimum absolute atomic E-state index is 0.178. The van der Waals surface area contributed by atoms with Gasteiger partial charge >= 0.3 is 0 Å². The largest absolute Gasteiger partial charge is 0.393 e. The van der Waals surface area contributed by atoms with Gasteiger partial charge in [0, 0.05) is 0 Å². The third-order valence-corrected chi connectivity index (χ3v) is 2.32. The van der Waals surface area contributed by atoms with Crippen molar-refractivity contribution in [3.8, 4) is 0 Å². The predicted molar refractivity (Wildman–Crippen MR) is 56.9 cm³/mol. The molecule has 0 aliphatic rings. The van der Waals surface area contributed by atoms with E-state index in [4.69, 9.17) is 10.2 Å². The molecular formula is C11H22O3. The van der Waals surface area contributed by atoms with Crippen molar-refractivity contribution >= 4 is 0 Å². The van der Waals surface area contributed by atoms with E-state index in [-0.39, 0.29) is 24.5 Å². The zero-order valence-electron chi connectivity index (χ0n) is 9.22. The Bertz CT molecular complexity index is 166. The summed E-state index contributed by atoms with van der Waals surface area (Å²) < 4.78 is 0. The maximum Gasteiger partial charge on any atom is 0.0951 e. The Kier molecular flexibility index (Phi) is 6.79. The Morgan fingerprint density at radius 2 is 1.71 bits per heavy atom. The lowest BCUT2D eigenvalue weighted by Crippen LogP contribution is -2.23. The van der Waals surface area contributed by atoms with Gasteiger partial charge in [-0.05, 0) is 18.3 Å². The van der Waals surface area contributed by atoms with Crippen LogP contribution in [-0.4, -0.2) is 34.1 Å². The summed E-state index contributed by atoms with van der Waals surface area (Å²) in [4.78, 5) is 0. The zero-order chi connectivity index (χ0) is 11.1. The van der Waals surface area contributed by atoms with Crippen molar-refractivity contribution in [2.24, 2.45) is 11.8 Å². The summed E-state index contributed by atoms with van der Waals surface area (Å²) in [5, 5.41) is 27.2. The van der Waals surface area contributed by atoms with Crippen molar-refractivity contribution in [2.45, 2.75) is 39.4 Å². The molecule has 3 atom stereocenters. The lowest BCUT2D eigenvalue weighted by molar-refractivity contribution is 0.0732. The molecule has 0 aromatic heterocycles. The molecule has 0 spiro atoms. The topological polar surface area (TPSA) is 60.7 Å². The first-order valence-corrected chi connectivity index (χ1v) is 5.12. The number of hydrogen-bond acceptors (Lipinski definition) is 3. The molecule has 1 unspecified atom stereocenters. The Labute approximate surface area is 86.1 Å². The number of aliphatic hydroxyl groups excluding tert-OH is 3. The number of rotatable bonds is 6. The van der Waals surface area contributed by atoms with Gasteiger partial charge in [-0.25, -0.2) is 0 Å². The van der Waals surface area contributed by atoms with E-state index in [0.717, 1.165) is 6.42 Å². The van der Waals surface area contributed by atoms with Gasteiger partial charge in [0.15, 0.2) is 0 Å². The van der Waals surface area contributed by atoms with Gasteiger partial charge < -0.3 is 15.3 Å². The van der Waals surface area contributed by atoms with Gasteiger partial charge in [0.25, 0.3) is 0 Å². The first-order valence-electron chi connectivity index (χ1n) is 5.12. The highest BCUT2D eigenvalue weighted by Crippen LogP contribution is 2.16. The summed E-state index contributed by atoms with van der Waals surface area (Å²) in [5.74, 6) is 0.429. The van der Waals surface area contributed by atoms with Crippen LogP contribution in [0.2, 0.25) is 0 Å². The number of hydrogen-bond donors (Lipinski definition) is 3. The number of allylic oxidation sites excluding steroid dienone is 1. The van der Waals surface area contributed by atoms with E-state index in [1.807, 2.05) is 20.8 Å². The summed E-state index contributed by atoms with van der Waals surface area (Å²) in [6, 6.07) is 0. The summed E-state index contributed by atoms with van der Waals surface area (Å²) in [6.07, 6.45) is 2.99. The van der Waals surface area contributed by atoms with Gasteiger partial charge in [-0.1, -0.05) is 32.9 Å². The van der Waals surface area contributed by atoms with E-state index < -0.39 is 6.10 Å². The quantitative estimate of drug-likeness (QED) is 0.562. The van der Waals surface area contributed by atoms with Crippen molar-refractivity contribution in [1.82, 2.24) is 0 Å². The molecule has 0 radical (unpaired) electrons. The fourth-order valence-electron chi connectivity index (χ4n) is 1.31. The average Bonchev–Trinajstić information content (AvgIpc) is 2.15. The van der Waals surface area contributed by atoms with Crippen molar-refractivity contribution in [1.29, 1.82) is 0 Å². The van der Waals surface area contributed by atoms with Gasteiger partial charge in [-0.2, -0.15) is 0 Å². The first-order chi connectivity index (χ1) is 6.49. The Hall–Kier alpha value is -0.380. The van der Waals surface area contributed by atoms with E-state index in [9.17, 15) is 5.11 Å². The Balaban J connectivity index is 3.83. The van der Waals surface area contributed by atoms with Gasteiger partial charge in [0.05, 0.1) is 18.8 Å². The average molecular weight is 202 g/mol. The van der Waals surface area contributed by atoms with Crippen LogP contribution in [0.4, 0.5) is 0 Å². The highest BCUT2D eigenvalue weighted by molar-refractivity contribution is 4.90. The van der Waals surface area contributed by atoms with E-state index in [0.29, 0.717) is 0 Å². The standard InChI is InChI=1S/C11H22O3/c1-8(2)11(14)9(3)5-4-6-10(13)7-12/h4,6,8-14H,5,7H2,1-3H3/b6-4-/t9-,10?,11+/m1/s1. The highest BCUT2D eigenvalue weighted by Gasteiger charge is 2.16. The van der Waals surface area contributed by atoms with E-state index in [2.05, 4.69) is 0 Å². The van der Waals surface area contributed by atoms with Crippen LogP contribution < -0.4 is 0 Å². The van der Waals surface area contributed by atoms with Crippen LogP contribution in [0.25, 0.3) is 0 Å². The predicted octanol–water partition coefficient (Wildman–Crippen LogP) is 0.939. The van der Waals surface area contributed by atoms with E-state index in [1.54, 1.807) is 12.2 Å². The smallest absolute Gasteiger partial charge is 0.0951 e. The molecule has 0 heterocycles.